The van der Waals surface area contributed by atoms with Gasteiger partial charge in [0.05, 0.1) is 23.5 Å². The number of benzene rings is 2. The summed E-state index contributed by atoms with van der Waals surface area (Å²) in [5, 5.41) is 11.6. The molecule has 1 aromatic heterocycles. The Balaban J connectivity index is 2.23. The molecule has 0 bridgehead atoms. The average molecular weight is 281 g/mol. The van der Waals surface area contributed by atoms with Crippen LogP contribution >= 0.6 is 0 Å². The number of H-pyrrole nitrogens is 1. The number of aromatic amines is 1. The highest BCUT2D eigenvalue weighted by Crippen LogP contribution is 2.29. The van der Waals surface area contributed by atoms with Crippen LogP contribution in [0.1, 0.15) is 0 Å². The minimum absolute atomic E-state index is 0.0432. The van der Waals surface area contributed by atoms with Gasteiger partial charge in [-0.2, -0.15) is 0 Å². The normalized spacial score (nSPS) is 10.5. The number of methoxy groups -OCH3 is 1. The summed E-state index contributed by atoms with van der Waals surface area (Å²) in [6.45, 7) is 0. The van der Waals surface area contributed by atoms with E-state index in [4.69, 9.17) is 4.74 Å². The summed E-state index contributed by atoms with van der Waals surface area (Å²) < 4.78 is 5.38. The van der Waals surface area contributed by atoms with E-state index in [0.717, 1.165) is 16.8 Å². The number of pyridine rings is 1. The lowest BCUT2D eigenvalue weighted by molar-refractivity contribution is -0.385. The van der Waals surface area contributed by atoms with Crippen LogP contribution in [0.5, 0.6) is 5.75 Å². The quantitative estimate of drug-likeness (QED) is 0.546. The van der Waals surface area contributed by atoms with Crippen LogP contribution < -0.4 is 9.72 Å². The molecule has 0 radical (unpaired) electrons. The maximum absolute atomic E-state index is 10.9. The lowest BCUT2D eigenvalue weighted by atomic mass is 10.1. The Kier molecular flexibility index (Phi) is 3.23. The zero-order chi connectivity index (χ0) is 14.8. The highest BCUT2D eigenvalue weighted by molar-refractivity contribution is 5.86. The molecule has 0 fully saturated rings. The Bertz CT molecular complexity index is 816. The third-order valence-corrected chi connectivity index (χ3v) is 3.33. The molecule has 5 nitrogen and oxygen atoms in total. The minimum Gasteiger partial charge on any atom is -0.496 e. The Hall–Kier alpha value is -2.95. The lowest BCUT2D eigenvalue weighted by Crippen LogP contribution is -2.09. The van der Waals surface area contributed by atoms with Gasteiger partial charge in [0.1, 0.15) is 5.75 Å². The highest BCUT2D eigenvalue weighted by atomic mass is 16.6. The zero-order valence-electron chi connectivity index (χ0n) is 11.4. The Morgan fingerprint density at radius 1 is 1.10 bits per heavy atom. The van der Waals surface area contributed by atoms with E-state index in [1.165, 1.54) is 12.1 Å². The first-order valence-corrected chi connectivity index (χ1v) is 6.43. The maximum Gasteiger partial charge on any atom is 0.270 e. The largest absolute Gasteiger partial charge is 0.496 e. The van der Waals surface area contributed by atoms with Crippen molar-refractivity contribution in [3.8, 4) is 17.0 Å². The number of fused-ring (bicyclic) bond motifs is 1. The fourth-order valence-corrected chi connectivity index (χ4v) is 2.29. The Labute approximate surface area is 121 Å². The highest BCUT2D eigenvalue weighted by Gasteiger charge is 2.17. The topological polar surface area (TPSA) is 66.5 Å². The summed E-state index contributed by atoms with van der Waals surface area (Å²) in [4.78, 5) is 13.8. The van der Waals surface area contributed by atoms with Gasteiger partial charge in [-0.05, 0) is 12.1 Å². The van der Waals surface area contributed by atoms with Gasteiger partial charge in [-0.3, -0.25) is 10.1 Å². The number of nitrogens with zero attached hydrogens (tertiary/aromatic N) is 1. The Morgan fingerprint density at radius 3 is 2.52 bits per heavy atom. The van der Waals surface area contributed by atoms with Gasteiger partial charge in [0.15, 0.2) is 0 Å². The molecule has 0 saturated heterocycles. The molecular weight excluding hydrogens is 268 g/mol. The second kappa shape index (κ2) is 5.20. The molecule has 0 amide bonds. The van der Waals surface area contributed by atoms with Gasteiger partial charge in [-0.25, -0.2) is 4.98 Å². The molecule has 21 heavy (non-hydrogen) atoms. The van der Waals surface area contributed by atoms with E-state index in [0.29, 0.717) is 11.1 Å². The van der Waals surface area contributed by atoms with Crippen molar-refractivity contribution in [1.29, 1.82) is 0 Å². The predicted molar refractivity (Wildman–Crippen MR) is 79.1 cm³/mol. The van der Waals surface area contributed by atoms with Crippen molar-refractivity contribution in [2.75, 3.05) is 7.11 Å². The molecule has 0 aliphatic heterocycles. The smallest absolute Gasteiger partial charge is 0.270 e. The number of nitro groups is 1. The molecule has 0 spiro atoms. The van der Waals surface area contributed by atoms with Crippen LogP contribution in [0, 0.1) is 10.1 Å². The van der Waals surface area contributed by atoms with Gasteiger partial charge in [0.25, 0.3) is 5.69 Å². The van der Waals surface area contributed by atoms with Crippen LogP contribution in [0.2, 0.25) is 0 Å². The number of rotatable bonds is 3. The standard InChI is InChI=1S/C16H12N2O3/c1-21-16-10-15(11-5-3-2-4-6-11)17-14-8-7-12(18(19)20)9-13(14)16/h2-10H,1H3/p+1. The fraction of sp³-hybridized carbons (Fsp3) is 0.0625. The molecule has 0 unspecified atom stereocenters. The second-order valence-electron chi connectivity index (χ2n) is 4.60. The lowest BCUT2D eigenvalue weighted by Gasteiger charge is -2.04. The third kappa shape index (κ3) is 2.41. The van der Waals surface area contributed by atoms with Crippen molar-refractivity contribution in [2.24, 2.45) is 0 Å². The van der Waals surface area contributed by atoms with Crippen LogP contribution in [0.15, 0.2) is 54.6 Å². The van der Waals surface area contributed by atoms with Crippen LogP contribution in [-0.2, 0) is 0 Å². The van der Waals surface area contributed by atoms with Crippen molar-refractivity contribution >= 4 is 16.6 Å². The van der Waals surface area contributed by atoms with Crippen molar-refractivity contribution < 1.29 is 14.6 Å². The van der Waals surface area contributed by atoms with Gasteiger partial charge >= 0.3 is 0 Å². The zero-order valence-corrected chi connectivity index (χ0v) is 11.4. The van der Waals surface area contributed by atoms with E-state index in [2.05, 4.69) is 4.98 Å². The van der Waals surface area contributed by atoms with Gasteiger partial charge < -0.3 is 4.74 Å². The summed E-state index contributed by atoms with van der Waals surface area (Å²) in [6.07, 6.45) is 0. The fourth-order valence-electron chi connectivity index (χ4n) is 2.29. The molecule has 5 heteroatoms. The van der Waals surface area contributed by atoms with Gasteiger partial charge in [-0.15, -0.1) is 0 Å². The summed E-state index contributed by atoms with van der Waals surface area (Å²) in [6, 6.07) is 16.4. The number of nitro benzene ring substituents is 1. The third-order valence-electron chi connectivity index (χ3n) is 3.33. The number of hydrogen-bond donors (Lipinski definition) is 0. The van der Waals surface area contributed by atoms with Crippen molar-refractivity contribution in [2.45, 2.75) is 0 Å². The van der Waals surface area contributed by atoms with E-state index in [-0.39, 0.29) is 5.69 Å². The number of nitrogens with one attached hydrogen (secondary N) is 1. The molecule has 0 aliphatic rings. The summed E-state index contributed by atoms with van der Waals surface area (Å²) in [5.74, 6) is 0.603. The molecule has 0 aliphatic carbocycles. The van der Waals surface area contributed by atoms with E-state index in [1.54, 1.807) is 13.2 Å². The predicted octanol–water partition coefficient (Wildman–Crippen LogP) is 3.24. The van der Waals surface area contributed by atoms with Gasteiger partial charge in [-0.1, -0.05) is 18.2 Å². The first kappa shape index (κ1) is 13.1. The van der Waals surface area contributed by atoms with Gasteiger partial charge in [0.2, 0.25) is 11.2 Å². The van der Waals surface area contributed by atoms with Crippen molar-refractivity contribution in [3.05, 3.63) is 64.7 Å². The number of hydrogen-bond acceptors (Lipinski definition) is 3. The van der Waals surface area contributed by atoms with Gasteiger partial charge in [0, 0.05) is 23.8 Å². The van der Waals surface area contributed by atoms with Crippen LogP contribution in [0.4, 0.5) is 5.69 Å². The minimum atomic E-state index is -0.413. The monoisotopic (exact) mass is 281 g/mol. The number of ether oxygens (including phenoxy) is 1. The molecule has 0 saturated carbocycles. The molecule has 104 valence electrons. The van der Waals surface area contributed by atoms with Crippen LogP contribution in [-0.4, -0.2) is 12.0 Å². The van der Waals surface area contributed by atoms with Crippen LogP contribution in [0.3, 0.4) is 0 Å². The summed E-state index contributed by atoms with van der Waals surface area (Å²) in [7, 11) is 1.56. The van der Waals surface area contributed by atoms with E-state index in [1.807, 2.05) is 36.4 Å². The summed E-state index contributed by atoms with van der Waals surface area (Å²) >= 11 is 0. The molecule has 3 rings (SSSR count). The van der Waals surface area contributed by atoms with Crippen molar-refractivity contribution in [3.63, 3.8) is 0 Å². The Morgan fingerprint density at radius 2 is 1.86 bits per heavy atom. The molecule has 2 aromatic carbocycles. The molecule has 1 heterocycles. The molecular formula is C16H13N2O3+. The number of aromatic nitrogens is 1. The molecule has 3 aromatic rings. The van der Waals surface area contributed by atoms with E-state index < -0.39 is 4.92 Å². The number of non-ortho nitro benzene ring substituents is 1. The second-order valence-corrected chi connectivity index (χ2v) is 4.60. The van der Waals surface area contributed by atoms with E-state index >= 15 is 0 Å². The average Bonchev–Trinajstić information content (AvgIpc) is 2.54. The summed E-state index contributed by atoms with van der Waals surface area (Å²) in [5.41, 5.74) is 2.75. The SMILES string of the molecule is COc1cc(-c2ccccc2)[nH+]c2ccc([N+](=O)[O-])cc12. The van der Waals surface area contributed by atoms with Crippen molar-refractivity contribution in [1.82, 2.24) is 0 Å². The molecule has 0 atom stereocenters. The first-order chi connectivity index (χ1) is 10.2. The first-order valence-electron chi connectivity index (χ1n) is 6.43. The maximum atomic E-state index is 10.9. The van der Waals surface area contributed by atoms with E-state index in [9.17, 15) is 10.1 Å². The van der Waals surface area contributed by atoms with Crippen LogP contribution in [0.25, 0.3) is 22.2 Å². The molecule has 1 N–H and O–H groups in total.